The van der Waals surface area contributed by atoms with E-state index in [0.29, 0.717) is 11.6 Å². The van der Waals surface area contributed by atoms with Gasteiger partial charge >= 0.3 is 0 Å². The number of rotatable bonds is 4. The smallest absolute Gasteiger partial charge is 0.266 e. The Labute approximate surface area is 181 Å². The molecule has 10 heteroatoms. The molecule has 0 spiro atoms. The topological polar surface area (TPSA) is 70.6 Å². The van der Waals surface area contributed by atoms with Crippen LogP contribution in [-0.2, 0) is 16.6 Å². The van der Waals surface area contributed by atoms with Crippen LogP contribution in [0.15, 0.2) is 64.5 Å². The highest BCUT2D eigenvalue weighted by Gasteiger charge is 2.32. The molecule has 3 aromatic rings. The molecule has 32 heavy (non-hydrogen) atoms. The van der Waals surface area contributed by atoms with Crippen molar-refractivity contribution in [2.24, 2.45) is 4.99 Å². The average molecular weight is 463 g/mol. The maximum Gasteiger partial charge on any atom is 0.266 e. The number of halogens is 4. The number of nitrogens with zero attached hydrogens (tertiary/aromatic N) is 1. The highest BCUT2D eigenvalue weighted by molar-refractivity contribution is 7.90. The summed E-state index contributed by atoms with van der Waals surface area (Å²) in [6.45, 7) is 1.43. The summed E-state index contributed by atoms with van der Waals surface area (Å²) in [5.41, 5.74) is 0.273. The van der Waals surface area contributed by atoms with Gasteiger partial charge in [0.1, 0.15) is 28.2 Å². The van der Waals surface area contributed by atoms with Gasteiger partial charge in [0, 0.05) is 17.5 Å². The van der Waals surface area contributed by atoms with E-state index in [4.69, 9.17) is 0 Å². The molecule has 0 bridgehead atoms. The Hall–Kier alpha value is -3.40. The Kier molecular flexibility index (Phi) is 5.64. The van der Waals surface area contributed by atoms with Crippen LogP contribution in [0.2, 0.25) is 0 Å². The molecule has 0 radical (unpaired) electrons. The third-order valence-corrected chi connectivity index (χ3v) is 6.47. The van der Waals surface area contributed by atoms with E-state index in [1.807, 2.05) is 0 Å². The van der Waals surface area contributed by atoms with E-state index in [9.17, 15) is 26.0 Å². The maximum absolute atomic E-state index is 14.9. The lowest BCUT2D eigenvalue weighted by atomic mass is 9.90. The molecule has 2 N–H and O–H groups in total. The van der Waals surface area contributed by atoms with Gasteiger partial charge in [-0.15, -0.1) is 0 Å². The highest BCUT2D eigenvalue weighted by atomic mass is 32.2. The molecule has 166 valence electrons. The molecule has 5 nitrogen and oxygen atoms in total. The molecule has 0 unspecified atom stereocenters. The first-order valence-electron chi connectivity index (χ1n) is 9.52. The molecule has 0 aromatic heterocycles. The number of hydrogen-bond acceptors (Lipinski definition) is 3. The van der Waals surface area contributed by atoms with E-state index in [2.05, 4.69) is 15.0 Å². The zero-order valence-corrected chi connectivity index (χ0v) is 17.5. The standard InChI is InChI=1S/C22H17F4N3O2S/c1-12(16-6-5-15(24)10-18(16)26)20-17(25)7-8-19-21(20)28-22(29-32(19,30)31)27-11-13-3-2-4-14(23)9-13/h2-10,12H,11H2,1H3,(H2,27,28,29)/t12-/m1/s1. The van der Waals surface area contributed by atoms with Gasteiger partial charge in [0.15, 0.2) is 0 Å². The summed E-state index contributed by atoms with van der Waals surface area (Å²) in [5, 5.41) is 2.76. The van der Waals surface area contributed by atoms with Gasteiger partial charge < -0.3 is 5.32 Å². The Bertz CT molecular complexity index is 1340. The van der Waals surface area contributed by atoms with Gasteiger partial charge in [-0.1, -0.05) is 25.1 Å². The number of sulfonamides is 1. The monoisotopic (exact) mass is 463 g/mol. The van der Waals surface area contributed by atoms with Crippen LogP contribution in [0, 0.1) is 23.3 Å². The van der Waals surface area contributed by atoms with Crippen molar-refractivity contribution >= 4 is 21.7 Å². The van der Waals surface area contributed by atoms with Gasteiger partial charge in [-0.3, -0.25) is 0 Å². The zero-order chi connectivity index (χ0) is 23.0. The SMILES string of the molecule is C[C@H](c1ccc(F)cc1F)c1c(F)ccc2c1NC(=NCc1cccc(F)c1)NS2(=O)=O. The highest BCUT2D eigenvalue weighted by Crippen LogP contribution is 2.38. The van der Waals surface area contributed by atoms with Crippen molar-refractivity contribution in [2.45, 2.75) is 24.3 Å². The Balaban J connectivity index is 1.77. The first kappa shape index (κ1) is 21.8. The number of anilines is 1. The fraction of sp³-hybridized carbons (Fsp3) is 0.136. The number of fused-ring (bicyclic) bond motifs is 1. The second-order valence-electron chi connectivity index (χ2n) is 7.25. The third-order valence-electron chi connectivity index (χ3n) is 5.09. The van der Waals surface area contributed by atoms with Crippen molar-refractivity contribution < 1.29 is 26.0 Å². The van der Waals surface area contributed by atoms with E-state index in [-0.39, 0.29) is 34.2 Å². The predicted molar refractivity (Wildman–Crippen MR) is 112 cm³/mol. The van der Waals surface area contributed by atoms with E-state index in [1.54, 1.807) is 6.07 Å². The fourth-order valence-corrected chi connectivity index (χ4v) is 4.72. The molecular formula is C22H17F4N3O2S. The molecule has 1 aliphatic heterocycles. The first-order valence-corrected chi connectivity index (χ1v) is 11.0. The minimum atomic E-state index is -4.11. The van der Waals surface area contributed by atoms with Crippen LogP contribution >= 0.6 is 0 Å². The van der Waals surface area contributed by atoms with Crippen molar-refractivity contribution in [3.63, 3.8) is 0 Å². The van der Waals surface area contributed by atoms with Crippen LogP contribution in [0.4, 0.5) is 23.2 Å². The van der Waals surface area contributed by atoms with Crippen molar-refractivity contribution in [1.82, 2.24) is 4.72 Å². The second-order valence-corrected chi connectivity index (χ2v) is 8.90. The number of guanidine groups is 1. The molecule has 1 aliphatic rings. The Morgan fingerprint density at radius 2 is 1.69 bits per heavy atom. The first-order chi connectivity index (χ1) is 15.2. The fourth-order valence-electron chi connectivity index (χ4n) is 3.56. The molecule has 0 fully saturated rings. The van der Waals surface area contributed by atoms with Crippen LogP contribution in [0.1, 0.15) is 29.5 Å². The summed E-state index contributed by atoms with van der Waals surface area (Å²) < 4.78 is 83.7. The van der Waals surface area contributed by atoms with Gasteiger partial charge in [0.25, 0.3) is 10.0 Å². The van der Waals surface area contributed by atoms with Crippen molar-refractivity contribution in [2.75, 3.05) is 5.32 Å². The molecule has 4 rings (SSSR count). The molecule has 3 aromatic carbocycles. The number of benzene rings is 3. The van der Waals surface area contributed by atoms with Gasteiger partial charge in [-0.25, -0.2) is 35.7 Å². The van der Waals surface area contributed by atoms with Gasteiger partial charge in [0.05, 0.1) is 12.2 Å². The lowest BCUT2D eigenvalue weighted by Gasteiger charge is -2.26. The van der Waals surface area contributed by atoms with Crippen molar-refractivity contribution in [3.8, 4) is 0 Å². The number of hydrogen-bond donors (Lipinski definition) is 2. The summed E-state index contributed by atoms with van der Waals surface area (Å²) >= 11 is 0. The Morgan fingerprint density at radius 3 is 2.41 bits per heavy atom. The average Bonchev–Trinajstić information content (AvgIpc) is 2.71. The van der Waals surface area contributed by atoms with Crippen LogP contribution in [-0.4, -0.2) is 14.4 Å². The predicted octanol–water partition coefficient (Wildman–Crippen LogP) is 4.65. The van der Waals surface area contributed by atoms with E-state index in [1.165, 1.54) is 31.2 Å². The van der Waals surface area contributed by atoms with E-state index >= 15 is 0 Å². The van der Waals surface area contributed by atoms with Crippen LogP contribution in [0.3, 0.4) is 0 Å². The van der Waals surface area contributed by atoms with Crippen molar-refractivity contribution in [1.29, 1.82) is 0 Å². The lowest BCUT2D eigenvalue weighted by Crippen LogP contribution is -2.41. The van der Waals surface area contributed by atoms with Crippen LogP contribution < -0.4 is 10.0 Å². The molecule has 0 saturated carbocycles. The lowest BCUT2D eigenvalue weighted by molar-refractivity contribution is 0.560. The third kappa shape index (κ3) is 4.18. The van der Waals surface area contributed by atoms with Crippen LogP contribution in [0.5, 0.6) is 0 Å². The molecule has 0 amide bonds. The molecule has 0 saturated heterocycles. The molecular weight excluding hydrogens is 446 g/mol. The number of aliphatic imine (C=N–C) groups is 1. The van der Waals surface area contributed by atoms with Gasteiger partial charge in [-0.2, -0.15) is 0 Å². The summed E-state index contributed by atoms with van der Waals surface area (Å²) in [4.78, 5) is 3.88. The normalized spacial score (nSPS) is 16.7. The minimum Gasteiger partial charge on any atom is -0.324 e. The summed E-state index contributed by atoms with van der Waals surface area (Å²) in [6, 6.07) is 10.6. The maximum atomic E-state index is 14.9. The van der Waals surface area contributed by atoms with Crippen LogP contribution in [0.25, 0.3) is 0 Å². The quantitative estimate of drug-likeness (QED) is 0.553. The minimum absolute atomic E-state index is 0.00493. The van der Waals surface area contributed by atoms with Gasteiger partial charge in [-0.05, 0) is 41.5 Å². The molecule has 0 aliphatic carbocycles. The zero-order valence-electron chi connectivity index (χ0n) is 16.7. The molecule has 1 atom stereocenters. The van der Waals surface area contributed by atoms with Crippen molar-refractivity contribution in [3.05, 3.63) is 94.6 Å². The van der Waals surface area contributed by atoms with E-state index < -0.39 is 39.2 Å². The Morgan fingerprint density at radius 1 is 0.938 bits per heavy atom. The summed E-state index contributed by atoms with van der Waals surface area (Å²) in [6.07, 6.45) is 0. The molecule has 1 heterocycles. The van der Waals surface area contributed by atoms with Gasteiger partial charge in [0.2, 0.25) is 5.96 Å². The number of nitrogens with one attached hydrogen (secondary N) is 2. The largest absolute Gasteiger partial charge is 0.324 e. The van der Waals surface area contributed by atoms with E-state index in [0.717, 1.165) is 18.2 Å². The second kappa shape index (κ2) is 8.27. The summed E-state index contributed by atoms with van der Waals surface area (Å²) in [7, 11) is -4.11. The summed E-state index contributed by atoms with van der Waals surface area (Å²) in [5.74, 6) is -4.05.